The fourth-order valence-corrected chi connectivity index (χ4v) is 2.19. The van der Waals surface area contributed by atoms with Crippen LogP contribution in [-0.4, -0.2) is 17.6 Å². The Morgan fingerprint density at radius 3 is 2.62 bits per heavy atom. The smallest absolute Gasteiger partial charge is 0.244 e. The van der Waals surface area contributed by atoms with Gasteiger partial charge in [-0.25, -0.2) is 0 Å². The van der Waals surface area contributed by atoms with Gasteiger partial charge in [0.2, 0.25) is 5.91 Å². The minimum Gasteiger partial charge on any atom is -0.467 e. The molecular weight excluding hydrogens is 313 g/mol. The molecule has 110 valence electrons. The molecule has 2 rings (SSSR count). The molecule has 1 amide bonds. The van der Waals surface area contributed by atoms with Crippen molar-refractivity contribution in [3.63, 3.8) is 0 Å². The summed E-state index contributed by atoms with van der Waals surface area (Å²) in [4.78, 5) is 11.7. The summed E-state index contributed by atoms with van der Waals surface area (Å²) >= 11 is 12.0. The Kier molecular flexibility index (Phi) is 5.44. The van der Waals surface area contributed by atoms with Gasteiger partial charge in [-0.1, -0.05) is 29.3 Å². The highest BCUT2D eigenvalue weighted by atomic mass is 35.5. The fourth-order valence-electron chi connectivity index (χ4n) is 1.67. The highest BCUT2D eigenvalue weighted by molar-refractivity contribution is 6.37. The van der Waals surface area contributed by atoms with E-state index in [0.717, 1.165) is 0 Å². The van der Waals surface area contributed by atoms with Crippen molar-refractivity contribution in [3.8, 4) is 0 Å². The first-order valence-corrected chi connectivity index (χ1v) is 6.95. The number of amides is 1. The van der Waals surface area contributed by atoms with Crippen LogP contribution in [0.1, 0.15) is 17.4 Å². The molecule has 0 aliphatic carbocycles. The third kappa shape index (κ3) is 4.36. The Bertz CT molecular complexity index is 618. The topological polar surface area (TPSA) is 62.5 Å². The monoisotopic (exact) mass is 325 g/mol. The highest BCUT2D eigenvalue weighted by Gasteiger charge is 2.10. The van der Waals surface area contributed by atoms with Crippen molar-refractivity contribution in [2.75, 3.05) is 6.54 Å². The SMILES string of the molecule is O=C(/C=C/c1c(Cl)cccc1Cl)NCC(O)c1ccco1. The maximum atomic E-state index is 11.7. The molecule has 2 N–H and O–H groups in total. The number of carbonyl (C=O) groups excluding carboxylic acids is 1. The van der Waals surface area contributed by atoms with E-state index in [1.807, 2.05) is 0 Å². The second kappa shape index (κ2) is 7.31. The molecule has 1 heterocycles. The predicted octanol–water partition coefficient (Wildman–Crippen LogP) is 3.45. The van der Waals surface area contributed by atoms with Crippen LogP contribution in [0.2, 0.25) is 10.0 Å². The van der Waals surface area contributed by atoms with E-state index in [4.69, 9.17) is 27.6 Å². The number of hydrogen-bond acceptors (Lipinski definition) is 3. The minimum atomic E-state index is -0.888. The molecule has 4 nitrogen and oxygen atoms in total. The minimum absolute atomic E-state index is 0.0486. The summed E-state index contributed by atoms with van der Waals surface area (Å²) in [6, 6.07) is 8.40. The number of carbonyl (C=O) groups is 1. The van der Waals surface area contributed by atoms with Crippen LogP contribution in [0.25, 0.3) is 6.08 Å². The Labute approximate surface area is 132 Å². The normalized spacial score (nSPS) is 12.5. The first-order valence-electron chi connectivity index (χ1n) is 6.19. The van der Waals surface area contributed by atoms with Crippen molar-refractivity contribution >= 4 is 35.2 Å². The van der Waals surface area contributed by atoms with Crippen LogP contribution >= 0.6 is 23.2 Å². The van der Waals surface area contributed by atoms with Crippen LogP contribution in [0.3, 0.4) is 0 Å². The van der Waals surface area contributed by atoms with Gasteiger partial charge in [-0.2, -0.15) is 0 Å². The Balaban J connectivity index is 1.91. The number of furan rings is 1. The van der Waals surface area contributed by atoms with Gasteiger partial charge in [-0.3, -0.25) is 4.79 Å². The summed E-state index contributed by atoms with van der Waals surface area (Å²) in [5.74, 6) is 0.0324. The van der Waals surface area contributed by atoms with Gasteiger partial charge < -0.3 is 14.8 Å². The summed E-state index contributed by atoms with van der Waals surface area (Å²) in [7, 11) is 0. The summed E-state index contributed by atoms with van der Waals surface area (Å²) in [6.45, 7) is 0.0486. The second-order valence-corrected chi connectivity index (χ2v) is 5.06. The van der Waals surface area contributed by atoms with E-state index in [2.05, 4.69) is 5.32 Å². The van der Waals surface area contributed by atoms with Crippen molar-refractivity contribution in [2.45, 2.75) is 6.10 Å². The van der Waals surface area contributed by atoms with E-state index in [0.29, 0.717) is 21.4 Å². The van der Waals surface area contributed by atoms with E-state index >= 15 is 0 Å². The number of aliphatic hydroxyl groups is 1. The molecule has 2 aromatic rings. The zero-order valence-electron chi connectivity index (χ0n) is 10.9. The van der Waals surface area contributed by atoms with Crippen LogP contribution in [-0.2, 0) is 4.79 Å². The summed E-state index contributed by atoms with van der Waals surface area (Å²) in [5.41, 5.74) is 0.572. The molecule has 6 heteroatoms. The number of benzene rings is 1. The predicted molar refractivity (Wildman–Crippen MR) is 82.2 cm³/mol. The first-order chi connectivity index (χ1) is 10.1. The van der Waals surface area contributed by atoms with Gasteiger partial charge in [-0.15, -0.1) is 0 Å². The summed E-state index contributed by atoms with van der Waals surface area (Å²) in [5, 5.41) is 13.2. The zero-order valence-corrected chi connectivity index (χ0v) is 12.4. The third-order valence-electron chi connectivity index (χ3n) is 2.74. The number of nitrogens with one attached hydrogen (secondary N) is 1. The van der Waals surface area contributed by atoms with Crippen molar-refractivity contribution < 1.29 is 14.3 Å². The number of hydrogen-bond donors (Lipinski definition) is 2. The lowest BCUT2D eigenvalue weighted by Crippen LogP contribution is -2.26. The largest absolute Gasteiger partial charge is 0.467 e. The molecule has 0 aliphatic heterocycles. The number of aliphatic hydroxyl groups excluding tert-OH is 1. The van der Waals surface area contributed by atoms with Gasteiger partial charge in [0.1, 0.15) is 11.9 Å². The van der Waals surface area contributed by atoms with Crippen LogP contribution in [0.15, 0.2) is 47.1 Å². The van der Waals surface area contributed by atoms with Gasteiger partial charge in [-0.05, 0) is 30.3 Å². The second-order valence-electron chi connectivity index (χ2n) is 4.25. The first kappa shape index (κ1) is 15.6. The zero-order chi connectivity index (χ0) is 15.2. The lowest BCUT2D eigenvalue weighted by atomic mass is 10.2. The molecule has 0 spiro atoms. The maximum absolute atomic E-state index is 11.7. The standard InChI is InChI=1S/C15H13Cl2NO3/c16-11-3-1-4-12(17)10(11)6-7-15(20)18-9-13(19)14-5-2-8-21-14/h1-8,13,19H,9H2,(H,18,20)/b7-6+. The molecule has 1 aromatic heterocycles. The van der Waals surface area contributed by atoms with Gasteiger partial charge in [0.25, 0.3) is 0 Å². The molecule has 1 atom stereocenters. The average molecular weight is 326 g/mol. The lowest BCUT2D eigenvalue weighted by molar-refractivity contribution is -0.116. The van der Waals surface area contributed by atoms with Crippen molar-refractivity contribution in [3.05, 3.63) is 64.0 Å². The lowest BCUT2D eigenvalue weighted by Gasteiger charge is -2.07. The molecule has 21 heavy (non-hydrogen) atoms. The quantitative estimate of drug-likeness (QED) is 0.827. The van der Waals surface area contributed by atoms with Gasteiger partial charge in [0.15, 0.2) is 0 Å². The van der Waals surface area contributed by atoms with Gasteiger partial charge in [0.05, 0.1) is 12.8 Å². The molecule has 1 unspecified atom stereocenters. The van der Waals surface area contributed by atoms with Crippen LogP contribution in [0.4, 0.5) is 0 Å². The molecular formula is C15H13Cl2NO3. The van der Waals surface area contributed by atoms with E-state index in [1.54, 1.807) is 30.3 Å². The Morgan fingerprint density at radius 2 is 2.00 bits per heavy atom. The summed E-state index contributed by atoms with van der Waals surface area (Å²) in [6.07, 6.45) is 3.40. The van der Waals surface area contributed by atoms with Gasteiger partial charge >= 0.3 is 0 Å². The molecule has 0 saturated carbocycles. The van der Waals surface area contributed by atoms with Crippen molar-refractivity contribution in [1.29, 1.82) is 0 Å². The van der Waals surface area contributed by atoms with E-state index in [9.17, 15) is 9.90 Å². The van der Waals surface area contributed by atoms with Crippen molar-refractivity contribution in [2.24, 2.45) is 0 Å². The fraction of sp³-hybridized carbons (Fsp3) is 0.133. The third-order valence-corrected chi connectivity index (χ3v) is 3.40. The molecule has 0 bridgehead atoms. The Hall–Kier alpha value is -1.75. The Morgan fingerprint density at radius 1 is 1.29 bits per heavy atom. The van der Waals surface area contributed by atoms with E-state index in [1.165, 1.54) is 18.4 Å². The number of rotatable bonds is 5. The van der Waals surface area contributed by atoms with Crippen molar-refractivity contribution in [1.82, 2.24) is 5.32 Å². The molecule has 0 saturated heterocycles. The van der Waals surface area contributed by atoms with Gasteiger partial charge in [0, 0.05) is 21.7 Å². The molecule has 1 aromatic carbocycles. The molecule has 0 fully saturated rings. The van der Waals surface area contributed by atoms with E-state index < -0.39 is 6.10 Å². The highest BCUT2D eigenvalue weighted by Crippen LogP contribution is 2.25. The number of halogens is 2. The molecule has 0 radical (unpaired) electrons. The molecule has 0 aliphatic rings. The van der Waals surface area contributed by atoms with Crippen LogP contribution in [0, 0.1) is 0 Å². The summed E-state index contributed by atoms with van der Waals surface area (Å²) < 4.78 is 5.03. The van der Waals surface area contributed by atoms with Crippen LogP contribution in [0.5, 0.6) is 0 Å². The average Bonchev–Trinajstić information content (AvgIpc) is 2.98. The van der Waals surface area contributed by atoms with Crippen LogP contribution < -0.4 is 5.32 Å². The van der Waals surface area contributed by atoms with E-state index in [-0.39, 0.29) is 12.5 Å². The maximum Gasteiger partial charge on any atom is 0.244 e.